The first kappa shape index (κ1) is 24.1. The predicted molar refractivity (Wildman–Crippen MR) is 130 cm³/mol. The number of carbonyl (C=O) groups excluding carboxylic acids is 1. The predicted octanol–water partition coefficient (Wildman–Crippen LogP) is 2.36. The maximum absolute atomic E-state index is 12.2. The van der Waals surface area contributed by atoms with E-state index in [0.29, 0.717) is 41.2 Å². The lowest BCUT2D eigenvalue weighted by Crippen LogP contribution is -2.33. The van der Waals surface area contributed by atoms with Crippen LogP contribution < -0.4 is 5.73 Å². The molecule has 1 fully saturated rings. The van der Waals surface area contributed by atoms with Gasteiger partial charge in [0.25, 0.3) is 0 Å². The standard InChI is InChI=1S/C25H26N6O3/c1-6-17-13-18(15-30(17)22(32)8-3)31-25-23(24(26)27-16-28-25)21(29-31)12-10-9-11-20(34-5)14-19(7-2)33-4/h1,7-9,11,14,16-18H,3,13,15H2,2,4-5H3,(H2,26,27,28)/b11-9+,19-7+,20-14+. The first-order valence-electron chi connectivity index (χ1n) is 10.5. The Hall–Kier alpha value is -4.50. The number of rotatable bonds is 6. The van der Waals surface area contributed by atoms with Crippen molar-refractivity contribution in [2.45, 2.75) is 25.4 Å². The Kier molecular flexibility index (Phi) is 7.73. The highest BCUT2D eigenvalue weighted by atomic mass is 16.5. The van der Waals surface area contributed by atoms with Crippen molar-refractivity contribution in [3.63, 3.8) is 0 Å². The normalized spacial score (nSPS) is 18.5. The van der Waals surface area contributed by atoms with Crippen molar-refractivity contribution in [3.05, 3.63) is 60.5 Å². The first-order valence-corrected chi connectivity index (χ1v) is 10.5. The van der Waals surface area contributed by atoms with Crippen LogP contribution in [0.5, 0.6) is 0 Å². The SMILES string of the molecule is C#CC1CC(n2nc(C#C/C=C/C(=C\C(=C/C)OC)OC)c3c(N)ncnc32)CN1C(=O)C=C. The van der Waals surface area contributed by atoms with E-state index in [1.807, 2.05) is 13.0 Å². The van der Waals surface area contributed by atoms with Gasteiger partial charge in [-0.1, -0.05) is 18.4 Å². The summed E-state index contributed by atoms with van der Waals surface area (Å²) in [5, 5.41) is 5.20. The number of allylic oxidation sites excluding steroid dienone is 4. The van der Waals surface area contributed by atoms with Crippen LogP contribution in [0.3, 0.4) is 0 Å². The summed E-state index contributed by atoms with van der Waals surface area (Å²) in [4.78, 5) is 22.3. The molecule has 2 aromatic rings. The third-order valence-electron chi connectivity index (χ3n) is 5.36. The molecule has 0 aliphatic carbocycles. The fraction of sp³-hybridized carbons (Fsp3) is 0.280. The summed E-state index contributed by atoms with van der Waals surface area (Å²) in [7, 11) is 3.14. The van der Waals surface area contributed by atoms with Crippen LogP contribution in [0.2, 0.25) is 0 Å². The highest BCUT2D eigenvalue weighted by Crippen LogP contribution is 2.31. The summed E-state index contributed by atoms with van der Waals surface area (Å²) in [6.07, 6.45) is 15.7. The van der Waals surface area contributed by atoms with Crippen LogP contribution in [0.15, 0.2) is 54.8 Å². The number of nitrogens with two attached hydrogens (primary N) is 1. The van der Waals surface area contributed by atoms with E-state index in [2.05, 4.69) is 39.4 Å². The van der Waals surface area contributed by atoms with Gasteiger partial charge in [0.1, 0.15) is 29.4 Å². The Labute approximate surface area is 198 Å². The first-order chi connectivity index (χ1) is 16.5. The maximum Gasteiger partial charge on any atom is 0.247 e. The molecule has 1 aliphatic heterocycles. The lowest BCUT2D eigenvalue weighted by Gasteiger charge is -2.18. The van der Waals surface area contributed by atoms with Crippen molar-refractivity contribution in [1.29, 1.82) is 0 Å². The van der Waals surface area contributed by atoms with Gasteiger partial charge in [0.05, 0.1) is 31.7 Å². The Bertz CT molecular complexity index is 1290. The minimum atomic E-state index is -0.361. The highest BCUT2D eigenvalue weighted by molar-refractivity contribution is 5.91. The maximum atomic E-state index is 12.2. The van der Waals surface area contributed by atoms with Crippen LogP contribution in [-0.2, 0) is 14.3 Å². The molecule has 174 valence electrons. The molecular weight excluding hydrogens is 432 g/mol. The van der Waals surface area contributed by atoms with E-state index < -0.39 is 0 Å². The Morgan fingerprint density at radius 3 is 2.74 bits per heavy atom. The van der Waals surface area contributed by atoms with Crippen molar-refractivity contribution in [1.82, 2.24) is 24.6 Å². The molecule has 34 heavy (non-hydrogen) atoms. The largest absolute Gasteiger partial charge is 0.497 e. The van der Waals surface area contributed by atoms with Crippen LogP contribution in [0.1, 0.15) is 25.1 Å². The Morgan fingerprint density at radius 1 is 1.32 bits per heavy atom. The molecule has 9 nitrogen and oxygen atoms in total. The minimum absolute atomic E-state index is 0.191. The van der Waals surface area contributed by atoms with Crippen molar-refractivity contribution in [3.8, 4) is 24.2 Å². The summed E-state index contributed by atoms with van der Waals surface area (Å²) in [5.41, 5.74) is 7.09. The van der Waals surface area contributed by atoms with E-state index in [0.717, 1.165) is 0 Å². The Balaban J connectivity index is 1.96. The molecule has 0 spiro atoms. The number of nitrogens with zero attached hydrogens (tertiary/aromatic N) is 5. The number of amides is 1. The summed E-state index contributed by atoms with van der Waals surface area (Å²) in [5.74, 6) is 9.90. The van der Waals surface area contributed by atoms with Gasteiger partial charge < -0.3 is 20.1 Å². The van der Waals surface area contributed by atoms with E-state index in [1.165, 1.54) is 12.4 Å². The van der Waals surface area contributed by atoms with Crippen LogP contribution in [0.4, 0.5) is 5.82 Å². The minimum Gasteiger partial charge on any atom is -0.497 e. The van der Waals surface area contributed by atoms with Crippen molar-refractivity contribution in [2.24, 2.45) is 0 Å². The van der Waals surface area contributed by atoms with Gasteiger partial charge in [-0.2, -0.15) is 5.10 Å². The number of carbonyl (C=O) groups is 1. The topological polar surface area (TPSA) is 108 Å². The molecule has 3 heterocycles. The number of ether oxygens (including phenoxy) is 2. The number of terminal acetylenes is 1. The third-order valence-corrected chi connectivity index (χ3v) is 5.36. The zero-order valence-electron chi connectivity index (χ0n) is 19.4. The molecule has 2 aromatic heterocycles. The smallest absolute Gasteiger partial charge is 0.247 e. The van der Waals surface area contributed by atoms with Gasteiger partial charge in [0, 0.05) is 19.0 Å². The summed E-state index contributed by atoms with van der Waals surface area (Å²) >= 11 is 0. The molecule has 0 saturated carbocycles. The fourth-order valence-corrected chi connectivity index (χ4v) is 3.66. The highest BCUT2D eigenvalue weighted by Gasteiger charge is 2.36. The molecule has 3 rings (SSSR count). The summed E-state index contributed by atoms with van der Waals surface area (Å²) in [6, 6.07) is -0.552. The second-order valence-electron chi connectivity index (χ2n) is 7.27. The van der Waals surface area contributed by atoms with Crippen LogP contribution >= 0.6 is 0 Å². The molecule has 2 unspecified atom stereocenters. The van der Waals surface area contributed by atoms with Crippen LogP contribution in [-0.4, -0.2) is 57.4 Å². The van der Waals surface area contributed by atoms with Gasteiger partial charge in [-0.25, -0.2) is 14.6 Å². The van der Waals surface area contributed by atoms with Gasteiger partial charge >= 0.3 is 0 Å². The summed E-state index contributed by atoms with van der Waals surface area (Å²) in [6.45, 7) is 5.80. The number of likely N-dealkylation sites (tertiary alicyclic amines) is 1. The molecule has 0 bridgehead atoms. The second kappa shape index (κ2) is 10.9. The Morgan fingerprint density at radius 2 is 2.09 bits per heavy atom. The molecule has 1 saturated heterocycles. The number of hydrogen-bond acceptors (Lipinski definition) is 7. The molecule has 0 aromatic carbocycles. The van der Waals surface area contributed by atoms with Crippen LogP contribution in [0.25, 0.3) is 11.0 Å². The molecule has 2 atom stereocenters. The van der Waals surface area contributed by atoms with Crippen molar-refractivity contribution in [2.75, 3.05) is 26.5 Å². The molecule has 1 amide bonds. The number of hydrogen-bond donors (Lipinski definition) is 1. The second-order valence-corrected chi connectivity index (χ2v) is 7.27. The average Bonchev–Trinajstić information content (AvgIpc) is 3.45. The fourth-order valence-electron chi connectivity index (χ4n) is 3.66. The van der Waals surface area contributed by atoms with Gasteiger partial charge in [-0.15, -0.1) is 6.42 Å². The number of aromatic nitrogens is 4. The van der Waals surface area contributed by atoms with Crippen LogP contribution in [0, 0.1) is 24.2 Å². The van der Waals surface area contributed by atoms with Crippen molar-refractivity contribution >= 4 is 22.8 Å². The number of fused-ring (bicyclic) bond motifs is 1. The molecule has 1 aliphatic rings. The quantitative estimate of drug-likeness (QED) is 0.306. The molecule has 2 N–H and O–H groups in total. The lowest BCUT2D eigenvalue weighted by atomic mass is 10.2. The average molecular weight is 459 g/mol. The zero-order chi connectivity index (χ0) is 24.7. The monoisotopic (exact) mass is 458 g/mol. The van der Waals surface area contributed by atoms with Gasteiger partial charge in [-0.05, 0) is 37.1 Å². The van der Waals surface area contributed by atoms with Gasteiger partial charge in [-0.3, -0.25) is 4.79 Å². The van der Waals surface area contributed by atoms with E-state index in [-0.39, 0.29) is 23.8 Å². The van der Waals surface area contributed by atoms with E-state index in [4.69, 9.17) is 21.6 Å². The lowest BCUT2D eigenvalue weighted by molar-refractivity contribution is -0.126. The van der Waals surface area contributed by atoms with E-state index >= 15 is 0 Å². The zero-order valence-corrected chi connectivity index (χ0v) is 19.4. The number of nitrogen functional groups attached to an aromatic ring is 1. The van der Waals surface area contributed by atoms with Gasteiger partial charge in [0.15, 0.2) is 5.65 Å². The third kappa shape index (κ3) is 4.94. The van der Waals surface area contributed by atoms with E-state index in [1.54, 1.807) is 42.0 Å². The number of methoxy groups -OCH3 is 2. The number of anilines is 1. The van der Waals surface area contributed by atoms with Gasteiger partial charge in [0.2, 0.25) is 5.91 Å². The van der Waals surface area contributed by atoms with E-state index in [9.17, 15) is 4.79 Å². The molecular formula is C25H26N6O3. The molecule has 9 heteroatoms. The summed E-state index contributed by atoms with van der Waals surface area (Å²) < 4.78 is 12.3. The molecule has 0 radical (unpaired) electrons. The van der Waals surface area contributed by atoms with Crippen molar-refractivity contribution < 1.29 is 14.3 Å².